The second kappa shape index (κ2) is 14.4. The molecule has 0 spiro atoms. The average Bonchev–Trinajstić information content (AvgIpc) is 3.42. The first kappa shape index (κ1) is 31.7. The van der Waals surface area contributed by atoms with E-state index >= 15 is 0 Å². The van der Waals surface area contributed by atoms with Crippen LogP contribution in [-0.2, 0) is 32.2 Å². The first-order chi connectivity index (χ1) is 22.4. The lowest BCUT2D eigenvalue weighted by Crippen LogP contribution is -2.43. The van der Waals surface area contributed by atoms with Crippen LogP contribution < -0.4 is 11.0 Å². The van der Waals surface area contributed by atoms with Crippen molar-refractivity contribution in [2.75, 3.05) is 19.6 Å². The molecule has 2 aliphatic rings. The third-order valence-corrected chi connectivity index (χ3v) is 8.93. The molecule has 4 N–H and O–H groups in total. The Hall–Kier alpha value is -4.29. The third kappa shape index (κ3) is 7.56. The smallest absolute Gasteiger partial charge is 0.326 e. The zero-order chi connectivity index (χ0) is 32.0. The van der Waals surface area contributed by atoms with E-state index in [1.54, 1.807) is 0 Å². The van der Waals surface area contributed by atoms with Gasteiger partial charge in [0.1, 0.15) is 0 Å². The summed E-state index contributed by atoms with van der Waals surface area (Å²) in [6.45, 7) is 2.72. The number of carbonyl (C=O) groups is 2. The summed E-state index contributed by atoms with van der Waals surface area (Å²) >= 11 is 0. The fourth-order valence-corrected chi connectivity index (χ4v) is 6.42. The van der Waals surface area contributed by atoms with E-state index in [0.717, 1.165) is 65.8 Å². The number of piperidine rings is 1. The number of aromatic nitrogens is 2. The molecule has 3 atom stereocenters. The summed E-state index contributed by atoms with van der Waals surface area (Å²) in [6.07, 6.45) is 1.27. The van der Waals surface area contributed by atoms with Crippen LogP contribution in [0.3, 0.4) is 0 Å². The number of aliphatic hydroxyl groups excluding tert-OH is 1. The van der Waals surface area contributed by atoms with Crippen molar-refractivity contribution in [1.82, 2.24) is 19.8 Å². The number of carboxylic acids is 1. The van der Waals surface area contributed by atoms with Gasteiger partial charge in [-0.15, -0.1) is 0 Å². The maximum Gasteiger partial charge on any atom is 0.326 e. The molecule has 4 aromatic rings. The van der Waals surface area contributed by atoms with Crippen LogP contribution in [0.15, 0.2) is 77.6 Å². The Morgan fingerprint density at radius 1 is 0.891 bits per heavy atom. The van der Waals surface area contributed by atoms with Crippen molar-refractivity contribution in [3.05, 3.63) is 106 Å². The standard InChI is InChI=1S/C35H40N4O7/c40-22-24-7-9-25(10-8-24)31-19-28(21-38-17-15-27(16-18-38)39-30-4-2-1-3-29(30)37-35(39)44)45-34(46-31)26-11-5-23(6-12-26)20-36-32(41)13-14-33(42)43/h1-12,27-28,31,34,40H,13-22H2,(H,36,41)(H,37,44)(H,42,43)/t28-,31+,34+/m1/s1. The minimum Gasteiger partial charge on any atom is -0.481 e. The molecule has 0 unspecified atom stereocenters. The molecular weight excluding hydrogens is 588 g/mol. The Labute approximate surface area is 266 Å². The van der Waals surface area contributed by atoms with Crippen molar-refractivity contribution >= 4 is 22.9 Å². The van der Waals surface area contributed by atoms with E-state index in [1.807, 2.05) is 77.4 Å². The van der Waals surface area contributed by atoms with Crippen LogP contribution in [0.5, 0.6) is 0 Å². The first-order valence-electron chi connectivity index (χ1n) is 15.9. The number of aliphatic carboxylic acids is 1. The predicted octanol–water partition coefficient (Wildman–Crippen LogP) is 4.19. The number of aromatic amines is 1. The molecule has 2 aliphatic heterocycles. The molecule has 2 saturated heterocycles. The second-order valence-corrected chi connectivity index (χ2v) is 12.1. The Balaban J connectivity index is 1.11. The quantitative estimate of drug-likeness (QED) is 0.194. The van der Waals surface area contributed by atoms with Gasteiger partial charge in [0.15, 0.2) is 6.29 Å². The van der Waals surface area contributed by atoms with Crippen LogP contribution >= 0.6 is 0 Å². The number of ether oxygens (including phenoxy) is 2. The summed E-state index contributed by atoms with van der Waals surface area (Å²) in [5.74, 6) is -1.31. The third-order valence-electron chi connectivity index (χ3n) is 8.93. The number of carboxylic acid groups (broad SMARTS) is 1. The van der Waals surface area contributed by atoms with Gasteiger partial charge in [0, 0.05) is 50.6 Å². The number of benzene rings is 3. The van der Waals surface area contributed by atoms with Gasteiger partial charge in [-0.1, -0.05) is 60.7 Å². The molecule has 0 bridgehead atoms. The average molecular weight is 629 g/mol. The Morgan fingerprint density at radius 2 is 1.59 bits per heavy atom. The fraction of sp³-hybridized carbons (Fsp3) is 0.400. The van der Waals surface area contributed by atoms with E-state index in [4.69, 9.17) is 14.6 Å². The number of H-pyrrole nitrogens is 1. The number of rotatable bonds is 11. The molecule has 3 heterocycles. The topological polar surface area (TPSA) is 146 Å². The molecule has 2 fully saturated rings. The molecule has 0 radical (unpaired) electrons. The highest BCUT2D eigenvalue weighted by molar-refractivity contribution is 5.80. The molecular formula is C35H40N4O7. The molecule has 0 aliphatic carbocycles. The summed E-state index contributed by atoms with van der Waals surface area (Å²) in [7, 11) is 0. The Kier molecular flexibility index (Phi) is 9.94. The molecule has 46 heavy (non-hydrogen) atoms. The summed E-state index contributed by atoms with van der Waals surface area (Å²) in [6, 6.07) is 23.5. The number of nitrogens with zero attached hydrogens (tertiary/aromatic N) is 2. The van der Waals surface area contributed by atoms with E-state index in [0.29, 0.717) is 13.0 Å². The maximum absolute atomic E-state index is 12.8. The van der Waals surface area contributed by atoms with E-state index in [1.165, 1.54) is 0 Å². The van der Waals surface area contributed by atoms with Crippen molar-refractivity contribution < 1.29 is 29.3 Å². The number of amides is 1. The first-order valence-corrected chi connectivity index (χ1v) is 15.9. The van der Waals surface area contributed by atoms with Crippen LogP contribution in [0.4, 0.5) is 0 Å². The number of imidazole rings is 1. The van der Waals surface area contributed by atoms with Gasteiger partial charge in [-0.3, -0.25) is 14.2 Å². The molecule has 11 nitrogen and oxygen atoms in total. The zero-order valence-electron chi connectivity index (χ0n) is 25.6. The predicted molar refractivity (Wildman–Crippen MR) is 171 cm³/mol. The lowest BCUT2D eigenvalue weighted by molar-refractivity contribution is -0.253. The van der Waals surface area contributed by atoms with Gasteiger partial charge in [-0.25, -0.2) is 4.79 Å². The monoisotopic (exact) mass is 628 g/mol. The van der Waals surface area contributed by atoms with E-state index in [2.05, 4.69) is 15.2 Å². The Bertz CT molecular complexity index is 1690. The van der Waals surface area contributed by atoms with Gasteiger partial charge in [0.05, 0.1) is 36.3 Å². The minimum absolute atomic E-state index is 0.0207. The molecule has 6 rings (SSSR count). The highest BCUT2D eigenvalue weighted by Crippen LogP contribution is 2.38. The lowest BCUT2D eigenvalue weighted by Gasteiger charge is -2.40. The minimum atomic E-state index is -1.00. The number of likely N-dealkylation sites (tertiary alicyclic amines) is 1. The van der Waals surface area contributed by atoms with Gasteiger partial charge in [0.2, 0.25) is 5.91 Å². The fourth-order valence-electron chi connectivity index (χ4n) is 6.42. The van der Waals surface area contributed by atoms with Gasteiger partial charge in [-0.2, -0.15) is 0 Å². The number of fused-ring (bicyclic) bond motifs is 1. The molecule has 3 aromatic carbocycles. The van der Waals surface area contributed by atoms with Gasteiger partial charge in [-0.05, 0) is 41.7 Å². The molecule has 0 saturated carbocycles. The summed E-state index contributed by atoms with van der Waals surface area (Å²) < 4.78 is 15.0. The highest BCUT2D eigenvalue weighted by atomic mass is 16.7. The molecule has 1 aromatic heterocycles. The number of para-hydroxylation sites is 2. The van der Waals surface area contributed by atoms with Gasteiger partial charge in [0.25, 0.3) is 0 Å². The van der Waals surface area contributed by atoms with Crippen molar-refractivity contribution in [2.45, 2.75) is 69.8 Å². The molecule has 1 amide bonds. The summed E-state index contributed by atoms with van der Waals surface area (Å²) in [4.78, 5) is 40.8. The van der Waals surface area contributed by atoms with Crippen LogP contribution in [0.25, 0.3) is 11.0 Å². The highest BCUT2D eigenvalue weighted by Gasteiger charge is 2.34. The van der Waals surface area contributed by atoms with Crippen molar-refractivity contribution in [2.24, 2.45) is 0 Å². The van der Waals surface area contributed by atoms with Gasteiger partial charge < -0.3 is 34.9 Å². The van der Waals surface area contributed by atoms with E-state index < -0.39 is 12.3 Å². The zero-order valence-corrected chi connectivity index (χ0v) is 25.6. The number of nitrogens with one attached hydrogen (secondary N) is 2. The second-order valence-electron chi connectivity index (χ2n) is 12.1. The maximum atomic E-state index is 12.8. The normalized spacial score (nSPS) is 20.9. The van der Waals surface area contributed by atoms with Crippen LogP contribution in [0, 0.1) is 0 Å². The Morgan fingerprint density at radius 3 is 2.30 bits per heavy atom. The largest absolute Gasteiger partial charge is 0.481 e. The van der Waals surface area contributed by atoms with Crippen LogP contribution in [0.1, 0.15) is 72.8 Å². The van der Waals surface area contributed by atoms with Crippen LogP contribution in [0.2, 0.25) is 0 Å². The van der Waals surface area contributed by atoms with E-state index in [9.17, 15) is 19.5 Å². The molecule has 11 heteroatoms. The van der Waals surface area contributed by atoms with Crippen molar-refractivity contribution in [3.8, 4) is 0 Å². The number of carbonyl (C=O) groups excluding carboxylic acids is 1. The number of hydrogen-bond acceptors (Lipinski definition) is 7. The SMILES string of the molecule is O=C(O)CCC(=O)NCc1ccc([C@H]2O[C@@H](CN3CCC(n4c(=O)[nH]c5ccccc54)CC3)C[C@@H](c3ccc(CO)cc3)O2)cc1. The summed E-state index contributed by atoms with van der Waals surface area (Å²) in [5.41, 5.74) is 5.36. The van der Waals surface area contributed by atoms with Crippen molar-refractivity contribution in [3.63, 3.8) is 0 Å². The van der Waals surface area contributed by atoms with Crippen molar-refractivity contribution in [1.29, 1.82) is 0 Å². The number of aliphatic hydroxyl groups is 1. The van der Waals surface area contributed by atoms with Crippen LogP contribution in [-0.4, -0.2) is 62.3 Å². The lowest BCUT2D eigenvalue weighted by atomic mass is 9.98. The van der Waals surface area contributed by atoms with E-state index in [-0.39, 0.29) is 49.3 Å². The number of hydrogen-bond donors (Lipinski definition) is 4. The van der Waals surface area contributed by atoms with Gasteiger partial charge >= 0.3 is 11.7 Å². The molecule has 242 valence electrons. The summed E-state index contributed by atoms with van der Waals surface area (Å²) in [5, 5.41) is 21.1.